The fourth-order valence-electron chi connectivity index (χ4n) is 5.36. The first-order valence-electron chi connectivity index (χ1n) is 18.4. The number of quaternary nitrogens is 2. The summed E-state index contributed by atoms with van der Waals surface area (Å²) in [7, 11) is 4.17. The fraction of sp³-hybridized carbons (Fsp3) is 0.972. The number of carboxylic acids is 1. The Morgan fingerprint density at radius 1 is 0.444 bits per heavy atom. The third-order valence-electron chi connectivity index (χ3n) is 8.65. The van der Waals surface area contributed by atoms with E-state index < -0.39 is 5.97 Å². The maximum atomic E-state index is 10.2. The van der Waals surface area contributed by atoms with Crippen molar-refractivity contribution >= 4 is 5.97 Å². The molecule has 9 heteroatoms. The number of carbonyl (C=O) groups is 1. The molecule has 0 saturated heterocycles. The molecule has 0 atom stereocenters. The van der Waals surface area contributed by atoms with Crippen molar-refractivity contribution in [3.8, 4) is 0 Å². The van der Waals surface area contributed by atoms with Crippen LogP contribution in [0.15, 0.2) is 0 Å². The lowest BCUT2D eigenvalue weighted by molar-refractivity contribution is -0.910. The first kappa shape index (κ1) is 51.4. The summed E-state index contributed by atoms with van der Waals surface area (Å²) in [5.41, 5.74) is 0. The van der Waals surface area contributed by atoms with Gasteiger partial charge in [-0.25, -0.2) is 0 Å². The number of aliphatic carboxylic acids is 1. The molecule has 276 valence electrons. The zero-order chi connectivity index (χ0) is 33.8. The zero-order valence-electron chi connectivity index (χ0n) is 30.6. The molecule has 0 aliphatic rings. The minimum Gasteiger partial charge on any atom is -1.00 e. The van der Waals surface area contributed by atoms with Gasteiger partial charge in [0.2, 0.25) is 0 Å². The summed E-state index contributed by atoms with van der Waals surface area (Å²) < 4.78 is 1.58. The molecule has 0 aromatic rings. The largest absolute Gasteiger partial charge is 1.00 e. The van der Waals surface area contributed by atoms with Crippen LogP contribution in [0.5, 0.6) is 0 Å². The van der Waals surface area contributed by atoms with E-state index in [1.165, 1.54) is 96.3 Å². The summed E-state index contributed by atoms with van der Waals surface area (Å²) >= 11 is 0. The highest BCUT2D eigenvalue weighted by molar-refractivity contribution is 5.64. The molecular weight excluding hydrogens is 592 g/mol. The third kappa shape index (κ3) is 41.5. The van der Waals surface area contributed by atoms with Crippen LogP contribution >= 0.6 is 0 Å². The van der Waals surface area contributed by atoms with Gasteiger partial charge in [0.25, 0.3) is 0 Å². The maximum Gasteiger partial charge on any atom is 0.102 e. The van der Waals surface area contributed by atoms with Crippen LogP contribution in [-0.4, -0.2) is 115 Å². The van der Waals surface area contributed by atoms with E-state index in [1.807, 2.05) is 0 Å². The van der Waals surface area contributed by atoms with Crippen molar-refractivity contribution in [2.75, 3.05) is 79.8 Å². The van der Waals surface area contributed by atoms with Gasteiger partial charge < -0.3 is 51.7 Å². The first-order valence-corrected chi connectivity index (χ1v) is 18.4. The van der Waals surface area contributed by atoms with E-state index in [9.17, 15) is 9.90 Å². The van der Waals surface area contributed by atoms with E-state index in [0.29, 0.717) is 0 Å². The summed E-state index contributed by atoms with van der Waals surface area (Å²) in [4.78, 5) is 10.2. The third-order valence-corrected chi connectivity index (χ3v) is 8.65. The Morgan fingerprint density at radius 2 is 0.689 bits per heavy atom. The van der Waals surface area contributed by atoms with Gasteiger partial charge in [-0.3, -0.25) is 0 Å². The number of nitrogens with zero attached hydrogens (tertiary/aromatic N) is 2. The number of carbonyl (C=O) groups excluding carboxylic acids is 1. The van der Waals surface area contributed by atoms with E-state index in [-0.39, 0.29) is 45.3 Å². The summed E-state index contributed by atoms with van der Waals surface area (Å²) in [6.07, 6.45) is 24.5. The molecular formula is C36H79ClN2O6. The van der Waals surface area contributed by atoms with Crippen molar-refractivity contribution in [1.82, 2.24) is 0 Å². The van der Waals surface area contributed by atoms with Crippen LogP contribution in [0, 0.1) is 0 Å². The van der Waals surface area contributed by atoms with Gasteiger partial charge in [0.05, 0.1) is 53.6 Å². The quantitative estimate of drug-likeness (QED) is 0.0689. The fourth-order valence-corrected chi connectivity index (χ4v) is 5.36. The highest BCUT2D eigenvalue weighted by atomic mass is 35.5. The number of carboxylic acid groups (broad SMARTS) is 1. The molecule has 0 bridgehead atoms. The van der Waals surface area contributed by atoms with Crippen molar-refractivity contribution in [1.29, 1.82) is 0 Å². The molecule has 0 aliphatic heterocycles. The van der Waals surface area contributed by atoms with Gasteiger partial charge in [0.1, 0.15) is 26.2 Å². The van der Waals surface area contributed by atoms with E-state index in [0.717, 1.165) is 73.9 Å². The van der Waals surface area contributed by atoms with Crippen LogP contribution < -0.4 is 17.5 Å². The molecule has 0 radical (unpaired) electrons. The minimum absolute atomic E-state index is 0. The molecule has 45 heavy (non-hydrogen) atoms. The van der Waals surface area contributed by atoms with Crippen molar-refractivity contribution in [2.24, 2.45) is 0 Å². The smallest absolute Gasteiger partial charge is 0.102 e. The van der Waals surface area contributed by atoms with Crippen molar-refractivity contribution in [3.05, 3.63) is 0 Å². The lowest BCUT2D eigenvalue weighted by Crippen LogP contribution is -3.00. The number of likely N-dealkylation sites (N-methyl/N-ethyl adjacent to an activating group) is 2. The van der Waals surface area contributed by atoms with Crippen LogP contribution in [0.2, 0.25) is 0 Å². The lowest BCUT2D eigenvalue weighted by atomic mass is 10.0. The average molecular weight is 671 g/mol. The van der Waals surface area contributed by atoms with Crippen molar-refractivity contribution < 1.29 is 51.7 Å². The lowest BCUT2D eigenvalue weighted by Gasteiger charge is -2.33. The zero-order valence-corrected chi connectivity index (χ0v) is 31.3. The molecule has 0 saturated carbocycles. The number of aliphatic hydroxyl groups is 4. The normalized spacial score (nSPS) is 11.2. The van der Waals surface area contributed by atoms with E-state index >= 15 is 0 Å². The molecule has 0 aromatic carbocycles. The van der Waals surface area contributed by atoms with Gasteiger partial charge in [0.15, 0.2) is 0 Å². The second-order valence-corrected chi connectivity index (χ2v) is 13.3. The number of rotatable bonds is 30. The Morgan fingerprint density at radius 3 is 0.911 bits per heavy atom. The summed E-state index contributed by atoms with van der Waals surface area (Å²) in [5, 5.41) is 45.5. The SMILES string of the molecule is CCCCCCCCCCCCCCCCCC(=O)[O-].CCCC[N+](C)(CCO)CCO.CCCC[N+](C)(CCO)CCO.[Cl-]. The molecule has 0 rings (SSSR count). The standard InChI is InChI=1S/C18H36O2.2C9H22NO2.ClH/c1-2-3-4-5-6-7-8-9-10-11-12-13-14-15-16-17-18(19)20;2*1-3-4-5-10(2,6-8-11)7-9-12;/h2-17H2,1H3,(H,19,20);2*11-12H,3-9H2,1-2H3;1H/q;2*+1;/p-2. The molecule has 0 aromatic heterocycles. The number of unbranched alkanes of at least 4 members (excludes halogenated alkanes) is 16. The topological polar surface area (TPSA) is 121 Å². The molecule has 8 nitrogen and oxygen atoms in total. The maximum absolute atomic E-state index is 10.2. The molecule has 0 spiro atoms. The minimum atomic E-state index is -0.903. The van der Waals surface area contributed by atoms with E-state index in [4.69, 9.17) is 20.4 Å². The van der Waals surface area contributed by atoms with Crippen molar-refractivity contribution in [2.45, 2.75) is 149 Å². The highest BCUT2D eigenvalue weighted by Crippen LogP contribution is 2.13. The van der Waals surface area contributed by atoms with Gasteiger partial charge in [-0.15, -0.1) is 0 Å². The van der Waals surface area contributed by atoms with Gasteiger partial charge in [-0.2, -0.15) is 0 Å². The van der Waals surface area contributed by atoms with Crippen molar-refractivity contribution in [3.63, 3.8) is 0 Å². The van der Waals surface area contributed by atoms with Crippen LogP contribution in [0.1, 0.15) is 149 Å². The van der Waals surface area contributed by atoms with E-state index in [2.05, 4.69) is 34.9 Å². The Kier molecular flexibility index (Phi) is 45.3. The van der Waals surface area contributed by atoms with Crippen LogP contribution in [0.4, 0.5) is 0 Å². The summed E-state index contributed by atoms with van der Waals surface area (Å²) in [6.45, 7) is 12.5. The Labute approximate surface area is 286 Å². The second-order valence-electron chi connectivity index (χ2n) is 13.3. The number of aliphatic hydroxyl groups excluding tert-OH is 4. The first-order chi connectivity index (χ1) is 21.1. The Bertz CT molecular complexity index is 534. The average Bonchev–Trinajstić information content (AvgIpc) is 2.98. The predicted octanol–water partition coefficient (Wildman–Crippen LogP) is 2.44. The van der Waals surface area contributed by atoms with Gasteiger partial charge in [0, 0.05) is 5.97 Å². The number of hydrogen-bond acceptors (Lipinski definition) is 6. The summed E-state index contributed by atoms with van der Waals surface area (Å²) in [5.74, 6) is -0.903. The number of hydrogen-bond donors (Lipinski definition) is 4. The second kappa shape index (κ2) is 39.7. The number of halogens is 1. The molecule has 0 heterocycles. The molecule has 0 aliphatic carbocycles. The van der Waals surface area contributed by atoms with Gasteiger partial charge >= 0.3 is 0 Å². The van der Waals surface area contributed by atoms with Crippen LogP contribution in [-0.2, 0) is 4.79 Å². The monoisotopic (exact) mass is 671 g/mol. The Balaban J connectivity index is -0.000000292. The molecule has 0 unspecified atom stereocenters. The predicted molar refractivity (Wildman–Crippen MR) is 184 cm³/mol. The highest BCUT2D eigenvalue weighted by Gasteiger charge is 2.19. The summed E-state index contributed by atoms with van der Waals surface area (Å²) in [6, 6.07) is 0. The van der Waals surface area contributed by atoms with Gasteiger partial charge in [-0.05, 0) is 25.7 Å². The van der Waals surface area contributed by atoms with Gasteiger partial charge in [-0.1, -0.05) is 124 Å². The Hall–Kier alpha value is -0.480. The molecule has 0 amide bonds. The molecule has 0 fully saturated rings. The molecule has 4 N–H and O–H groups in total. The van der Waals surface area contributed by atoms with Crippen LogP contribution in [0.25, 0.3) is 0 Å². The van der Waals surface area contributed by atoms with Crippen LogP contribution in [0.3, 0.4) is 0 Å². The van der Waals surface area contributed by atoms with E-state index in [1.54, 1.807) is 0 Å².